The summed E-state index contributed by atoms with van der Waals surface area (Å²) in [4.78, 5) is 13.7. The fraction of sp³-hybridized carbons (Fsp3) is 0.200. The number of aromatic nitrogens is 3. The monoisotopic (exact) mass is 204 g/mol. The molecule has 0 radical (unpaired) electrons. The smallest absolute Gasteiger partial charge is 0.248 e. The number of nitrogen functional groups attached to an aromatic ring is 1. The Bertz CT molecular complexity index is 553. The molecule has 2 heterocycles. The number of H-pyrrole nitrogens is 1. The lowest BCUT2D eigenvalue weighted by Gasteiger charge is -1.96. The van der Waals surface area contributed by atoms with Crippen LogP contribution in [0.3, 0.4) is 0 Å². The predicted octanol–water partition coefficient (Wildman–Crippen LogP) is 0.666. The summed E-state index contributed by atoms with van der Waals surface area (Å²) in [6.07, 6.45) is 1.60. The minimum atomic E-state index is -0.142. The van der Waals surface area contributed by atoms with E-state index in [9.17, 15) is 4.79 Å². The van der Waals surface area contributed by atoms with Crippen LogP contribution in [-0.2, 0) is 7.05 Å². The van der Waals surface area contributed by atoms with Crippen LogP contribution in [0.4, 0.5) is 5.82 Å². The number of anilines is 1. The van der Waals surface area contributed by atoms with E-state index in [0.717, 1.165) is 16.8 Å². The van der Waals surface area contributed by atoms with Crippen molar-refractivity contribution in [3.8, 4) is 11.3 Å². The van der Waals surface area contributed by atoms with E-state index >= 15 is 0 Å². The lowest BCUT2D eigenvalue weighted by Crippen LogP contribution is -2.02. The highest BCUT2D eigenvalue weighted by atomic mass is 16.1. The van der Waals surface area contributed by atoms with Gasteiger partial charge in [0.1, 0.15) is 5.82 Å². The number of nitrogens with two attached hydrogens (primary N) is 1. The van der Waals surface area contributed by atoms with Gasteiger partial charge in [-0.1, -0.05) is 0 Å². The average Bonchev–Trinajstić information content (AvgIpc) is 2.46. The summed E-state index contributed by atoms with van der Waals surface area (Å²) < 4.78 is 1.60. The molecule has 0 aliphatic rings. The van der Waals surface area contributed by atoms with Gasteiger partial charge in [0.2, 0.25) is 5.56 Å². The molecule has 15 heavy (non-hydrogen) atoms. The molecule has 5 heteroatoms. The Morgan fingerprint density at radius 2 is 2.27 bits per heavy atom. The summed E-state index contributed by atoms with van der Waals surface area (Å²) in [6.45, 7) is 1.89. The largest absolute Gasteiger partial charge is 0.384 e. The van der Waals surface area contributed by atoms with E-state index in [1.165, 1.54) is 6.07 Å². The Kier molecular flexibility index (Phi) is 2.07. The lowest BCUT2D eigenvalue weighted by atomic mass is 10.1. The number of rotatable bonds is 1. The van der Waals surface area contributed by atoms with Crippen molar-refractivity contribution in [2.75, 3.05) is 5.73 Å². The van der Waals surface area contributed by atoms with Crippen molar-refractivity contribution in [2.45, 2.75) is 6.92 Å². The zero-order valence-electron chi connectivity index (χ0n) is 8.61. The Balaban J connectivity index is 2.64. The molecule has 0 amide bonds. The first-order chi connectivity index (χ1) is 7.09. The molecule has 0 unspecified atom stereocenters. The molecule has 0 aliphatic carbocycles. The first-order valence-corrected chi connectivity index (χ1v) is 4.58. The van der Waals surface area contributed by atoms with Gasteiger partial charge in [0.25, 0.3) is 0 Å². The molecule has 0 bridgehead atoms. The van der Waals surface area contributed by atoms with Crippen molar-refractivity contribution in [3.63, 3.8) is 0 Å². The fourth-order valence-corrected chi connectivity index (χ4v) is 1.51. The molecule has 0 aromatic carbocycles. The average molecular weight is 204 g/mol. The van der Waals surface area contributed by atoms with E-state index in [0.29, 0.717) is 5.82 Å². The Hall–Kier alpha value is -2.04. The van der Waals surface area contributed by atoms with Crippen molar-refractivity contribution < 1.29 is 0 Å². The van der Waals surface area contributed by atoms with Gasteiger partial charge in [-0.15, -0.1) is 0 Å². The van der Waals surface area contributed by atoms with Gasteiger partial charge in [-0.3, -0.25) is 9.48 Å². The van der Waals surface area contributed by atoms with Gasteiger partial charge in [0.15, 0.2) is 0 Å². The number of pyridine rings is 1. The SMILES string of the molecule is Cc1c(-c2cc[nH]c(=O)c2)nn(C)c1N. The number of hydrogen-bond donors (Lipinski definition) is 2. The van der Waals surface area contributed by atoms with E-state index < -0.39 is 0 Å². The molecule has 0 spiro atoms. The number of nitrogens with zero attached hydrogens (tertiary/aromatic N) is 2. The second-order valence-electron chi connectivity index (χ2n) is 3.42. The first-order valence-electron chi connectivity index (χ1n) is 4.58. The summed E-state index contributed by atoms with van der Waals surface area (Å²) in [5.74, 6) is 0.616. The fourth-order valence-electron chi connectivity index (χ4n) is 1.51. The molecule has 0 fully saturated rings. The van der Waals surface area contributed by atoms with Crippen LogP contribution in [0.5, 0.6) is 0 Å². The summed E-state index contributed by atoms with van der Waals surface area (Å²) in [5, 5.41) is 4.26. The zero-order valence-corrected chi connectivity index (χ0v) is 8.61. The van der Waals surface area contributed by atoms with Crippen LogP contribution in [0.1, 0.15) is 5.56 Å². The lowest BCUT2D eigenvalue weighted by molar-refractivity contribution is 0.782. The summed E-state index contributed by atoms with van der Waals surface area (Å²) >= 11 is 0. The molecule has 0 aliphatic heterocycles. The minimum absolute atomic E-state index is 0.142. The molecule has 3 N–H and O–H groups in total. The highest BCUT2D eigenvalue weighted by Gasteiger charge is 2.11. The Morgan fingerprint density at radius 3 is 2.80 bits per heavy atom. The highest BCUT2D eigenvalue weighted by Crippen LogP contribution is 2.23. The van der Waals surface area contributed by atoms with Gasteiger partial charge in [-0.05, 0) is 13.0 Å². The van der Waals surface area contributed by atoms with Crippen LogP contribution in [0.2, 0.25) is 0 Å². The topological polar surface area (TPSA) is 76.7 Å². The summed E-state index contributed by atoms with van der Waals surface area (Å²) in [7, 11) is 1.78. The Morgan fingerprint density at radius 1 is 1.53 bits per heavy atom. The highest BCUT2D eigenvalue weighted by molar-refractivity contribution is 5.67. The van der Waals surface area contributed by atoms with E-state index in [1.807, 2.05) is 6.92 Å². The first kappa shape index (κ1) is 9.51. The molecule has 78 valence electrons. The second kappa shape index (κ2) is 3.27. The Labute approximate surface area is 86.5 Å². The number of aromatic amines is 1. The molecule has 0 saturated carbocycles. The predicted molar refractivity (Wildman–Crippen MR) is 58.4 cm³/mol. The van der Waals surface area contributed by atoms with Crippen LogP contribution in [0, 0.1) is 6.92 Å². The zero-order chi connectivity index (χ0) is 11.0. The quantitative estimate of drug-likeness (QED) is 0.716. The summed E-state index contributed by atoms with van der Waals surface area (Å²) in [5.41, 5.74) is 8.07. The van der Waals surface area contributed by atoms with Gasteiger partial charge < -0.3 is 10.7 Å². The van der Waals surface area contributed by atoms with Crippen molar-refractivity contribution in [2.24, 2.45) is 7.05 Å². The molecular weight excluding hydrogens is 192 g/mol. The molecule has 2 aromatic rings. The number of hydrogen-bond acceptors (Lipinski definition) is 3. The van der Waals surface area contributed by atoms with Crippen molar-refractivity contribution in [3.05, 3.63) is 34.2 Å². The van der Waals surface area contributed by atoms with Crippen LogP contribution in [-0.4, -0.2) is 14.8 Å². The number of nitrogens with one attached hydrogen (secondary N) is 1. The third-order valence-corrected chi connectivity index (χ3v) is 2.39. The van der Waals surface area contributed by atoms with Crippen molar-refractivity contribution in [1.29, 1.82) is 0 Å². The maximum Gasteiger partial charge on any atom is 0.248 e. The summed E-state index contributed by atoms with van der Waals surface area (Å²) in [6, 6.07) is 3.31. The molecular formula is C10H12N4O. The van der Waals surface area contributed by atoms with E-state index in [4.69, 9.17) is 5.73 Å². The third-order valence-electron chi connectivity index (χ3n) is 2.39. The van der Waals surface area contributed by atoms with Gasteiger partial charge >= 0.3 is 0 Å². The van der Waals surface area contributed by atoms with E-state index in [1.54, 1.807) is 24.0 Å². The van der Waals surface area contributed by atoms with Gasteiger partial charge in [-0.2, -0.15) is 5.10 Å². The van der Waals surface area contributed by atoms with Crippen LogP contribution in [0.15, 0.2) is 23.1 Å². The molecule has 0 atom stereocenters. The second-order valence-corrected chi connectivity index (χ2v) is 3.42. The molecule has 5 nitrogen and oxygen atoms in total. The molecule has 0 saturated heterocycles. The van der Waals surface area contributed by atoms with Crippen LogP contribution < -0.4 is 11.3 Å². The minimum Gasteiger partial charge on any atom is -0.384 e. The van der Waals surface area contributed by atoms with E-state index in [2.05, 4.69) is 10.1 Å². The standard InChI is InChI=1S/C10H12N4O/c1-6-9(13-14(2)10(6)11)7-3-4-12-8(15)5-7/h3-5H,11H2,1-2H3,(H,12,15). The van der Waals surface area contributed by atoms with Gasteiger partial charge in [0.05, 0.1) is 5.69 Å². The normalized spacial score (nSPS) is 10.5. The van der Waals surface area contributed by atoms with Crippen LogP contribution >= 0.6 is 0 Å². The number of aryl methyl sites for hydroxylation is 1. The van der Waals surface area contributed by atoms with Gasteiger partial charge in [-0.25, -0.2) is 0 Å². The van der Waals surface area contributed by atoms with Crippen molar-refractivity contribution in [1.82, 2.24) is 14.8 Å². The maximum atomic E-state index is 11.1. The molecule has 2 aromatic heterocycles. The maximum absolute atomic E-state index is 11.1. The van der Waals surface area contributed by atoms with Crippen LogP contribution in [0.25, 0.3) is 11.3 Å². The van der Waals surface area contributed by atoms with E-state index in [-0.39, 0.29) is 5.56 Å². The third kappa shape index (κ3) is 1.52. The van der Waals surface area contributed by atoms with Gasteiger partial charge in [0, 0.05) is 30.4 Å². The molecule has 2 rings (SSSR count). The van der Waals surface area contributed by atoms with Crippen molar-refractivity contribution >= 4 is 5.82 Å².